The molecule has 142 valence electrons. The molecule has 5 nitrogen and oxygen atoms in total. The first kappa shape index (κ1) is 19.2. The fourth-order valence-electron chi connectivity index (χ4n) is 3.47. The Kier molecular flexibility index (Phi) is 5.37. The minimum Gasteiger partial charge on any atom is -0.507 e. The summed E-state index contributed by atoms with van der Waals surface area (Å²) >= 11 is 1.49. The number of methoxy groups -OCH3 is 1. The number of Topliss-reactive ketones (excluding diaryl/α,β-unsaturated/α-hetero) is 1. The molecule has 6 heteroatoms. The van der Waals surface area contributed by atoms with Crippen LogP contribution in [0.1, 0.15) is 41.0 Å². The molecule has 3 rings (SSSR count). The summed E-state index contributed by atoms with van der Waals surface area (Å²) < 4.78 is 5.26. The van der Waals surface area contributed by atoms with Gasteiger partial charge in [-0.3, -0.25) is 9.59 Å². The maximum Gasteiger partial charge on any atom is 0.295 e. The first-order valence-corrected chi connectivity index (χ1v) is 9.76. The Labute approximate surface area is 162 Å². The van der Waals surface area contributed by atoms with Crippen LogP contribution in [-0.4, -0.2) is 35.4 Å². The summed E-state index contributed by atoms with van der Waals surface area (Å²) in [6.07, 6.45) is 0.732. The van der Waals surface area contributed by atoms with Crippen molar-refractivity contribution in [2.24, 2.45) is 0 Å². The average Bonchev–Trinajstić information content (AvgIpc) is 3.17. The lowest BCUT2D eigenvalue weighted by molar-refractivity contribution is -0.139. The van der Waals surface area contributed by atoms with E-state index in [4.69, 9.17) is 4.74 Å². The predicted octanol–water partition coefficient (Wildman–Crippen LogP) is 4.21. The molecule has 1 amide bonds. The number of benzene rings is 1. The molecule has 1 unspecified atom stereocenters. The molecule has 1 N–H and O–H groups in total. The molecule has 1 aromatic carbocycles. The van der Waals surface area contributed by atoms with Crippen LogP contribution in [0.3, 0.4) is 0 Å². The van der Waals surface area contributed by atoms with Crippen molar-refractivity contribution in [1.82, 2.24) is 4.90 Å². The molecule has 1 aromatic heterocycles. The second-order valence-corrected chi connectivity index (χ2v) is 7.59. The Hall–Kier alpha value is -2.60. The number of likely N-dealkylation sites (tertiary alicyclic amines) is 1. The fraction of sp³-hybridized carbons (Fsp3) is 0.333. The summed E-state index contributed by atoms with van der Waals surface area (Å²) in [6, 6.07) is 6.63. The lowest BCUT2D eigenvalue weighted by Crippen LogP contribution is -2.30. The van der Waals surface area contributed by atoms with Gasteiger partial charge in [-0.2, -0.15) is 0 Å². The second-order valence-electron chi connectivity index (χ2n) is 6.64. The van der Waals surface area contributed by atoms with E-state index in [0.29, 0.717) is 17.9 Å². The van der Waals surface area contributed by atoms with Gasteiger partial charge in [-0.05, 0) is 61.0 Å². The highest BCUT2D eigenvalue weighted by Gasteiger charge is 2.46. The Balaban J connectivity index is 2.19. The highest BCUT2D eigenvalue weighted by Crippen LogP contribution is 2.42. The number of ether oxygens (including phenoxy) is 1. The van der Waals surface area contributed by atoms with Crippen LogP contribution in [-0.2, 0) is 9.59 Å². The van der Waals surface area contributed by atoms with Crippen molar-refractivity contribution >= 4 is 28.8 Å². The number of aliphatic hydroxyl groups is 1. The molecular weight excluding hydrogens is 362 g/mol. The number of aryl methyl sites for hydroxylation is 2. The van der Waals surface area contributed by atoms with E-state index in [1.807, 2.05) is 32.2 Å². The topological polar surface area (TPSA) is 66.8 Å². The van der Waals surface area contributed by atoms with E-state index in [-0.39, 0.29) is 11.3 Å². The molecule has 0 saturated carbocycles. The second kappa shape index (κ2) is 7.56. The summed E-state index contributed by atoms with van der Waals surface area (Å²) in [6.45, 7) is 6.25. The molecule has 2 aromatic rings. The standard InChI is InChI=1S/C21H23NO4S/c1-5-9-22-17(20-12(2)8-10-27-20)16(19(24)21(22)25)18(23)14-6-7-15(26-4)13(3)11-14/h6-8,10-11,17,23H,5,9H2,1-4H3/b18-16-. The normalized spacial score (nSPS) is 19.0. The molecule has 2 heterocycles. The quantitative estimate of drug-likeness (QED) is 0.476. The van der Waals surface area contributed by atoms with Gasteiger partial charge in [0.2, 0.25) is 0 Å². The lowest BCUT2D eigenvalue weighted by atomic mass is 9.97. The van der Waals surface area contributed by atoms with Crippen LogP contribution < -0.4 is 4.74 Å². The summed E-state index contributed by atoms with van der Waals surface area (Å²) in [5.74, 6) is -0.632. The Bertz CT molecular complexity index is 928. The number of ketones is 1. The van der Waals surface area contributed by atoms with E-state index in [2.05, 4.69) is 0 Å². The maximum atomic E-state index is 12.8. The highest BCUT2D eigenvalue weighted by molar-refractivity contribution is 7.10. The third-order valence-corrected chi connectivity index (χ3v) is 5.89. The summed E-state index contributed by atoms with van der Waals surface area (Å²) in [4.78, 5) is 27.9. The van der Waals surface area contributed by atoms with E-state index in [1.165, 1.54) is 11.3 Å². The minimum absolute atomic E-state index is 0.143. The molecule has 1 aliphatic rings. The smallest absolute Gasteiger partial charge is 0.295 e. The molecule has 0 radical (unpaired) electrons. The average molecular weight is 385 g/mol. The molecule has 0 aliphatic carbocycles. The van der Waals surface area contributed by atoms with Gasteiger partial charge in [-0.15, -0.1) is 11.3 Å². The third-order valence-electron chi connectivity index (χ3n) is 4.82. The highest BCUT2D eigenvalue weighted by atomic mass is 32.1. The predicted molar refractivity (Wildman–Crippen MR) is 106 cm³/mol. The number of hydrogen-bond acceptors (Lipinski definition) is 5. The number of carbonyl (C=O) groups excluding carboxylic acids is 2. The van der Waals surface area contributed by atoms with Crippen LogP contribution in [0.2, 0.25) is 0 Å². The van der Waals surface area contributed by atoms with Crippen LogP contribution in [0.15, 0.2) is 35.2 Å². The van der Waals surface area contributed by atoms with Crippen molar-refractivity contribution in [3.63, 3.8) is 0 Å². The molecule has 0 spiro atoms. The first-order valence-electron chi connectivity index (χ1n) is 8.88. The number of hydrogen-bond donors (Lipinski definition) is 1. The van der Waals surface area contributed by atoms with Crippen molar-refractivity contribution in [3.8, 4) is 5.75 Å². The van der Waals surface area contributed by atoms with Gasteiger partial charge in [0.05, 0.1) is 18.7 Å². The minimum atomic E-state index is -0.632. The Morgan fingerprint density at radius 2 is 1.96 bits per heavy atom. The van der Waals surface area contributed by atoms with E-state index >= 15 is 0 Å². The van der Waals surface area contributed by atoms with Crippen molar-refractivity contribution < 1.29 is 19.4 Å². The number of rotatable bonds is 5. The van der Waals surface area contributed by atoms with Crippen molar-refractivity contribution in [3.05, 3.63) is 56.8 Å². The SMILES string of the molecule is CCCN1C(=O)C(=O)/C(=C(\O)c2ccc(OC)c(C)c2)C1c1sccc1C. The van der Waals surface area contributed by atoms with Crippen LogP contribution in [0.5, 0.6) is 5.75 Å². The van der Waals surface area contributed by atoms with Gasteiger partial charge in [0.1, 0.15) is 11.5 Å². The van der Waals surface area contributed by atoms with Gasteiger partial charge in [0.15, 0.2) is 0 Å². The largest absolute Gasteiger partial charge is 0.507 e. The zero-order valence-electron chi connectivity index (χ0n) is 15.9. The van der Waals surface area contributed by atoms with Crippen molar-refractivity contribution in [2.75, 3.05) is 13.7 Å². The van der Waals surface area contributed by atoms with Crippen molar-refractivity contribution in [1.29, 1.82) is 0 Å². The van der Waals surface area contributed by atoms with E-state index in [1.54, 1.807) is 30.2 Å². The van der Waals surface area contributed by atoms with Crippen LogP contribution in [0, 0.1) is 13.8 Å². The Morgan fingerprint density at radius 1 is 1.22 bits per heavy atom. The maximum absolute atomic E-state index is 12.8. The number of aliphatic hydroxyl groups excluding tert-OH is 1. The van der Waals surface area contributed by atoms with E-state index < -0.39 is 17.7 Å². The molecule has 1 saturated heterocycles. The first-order chi connectivity index (χ1) is 12.9. The number of amides is 1. The molecular formula is C21H23NO4S. The summed E-state index contributed by atoms with van der Waals surface area (Å²) in [5.41, 5.74) is 2.50. The third kappa shape index (κ3) is 3.25. The van der Waals surface area contributed by atoms with Crippen LogP contribution in [0.25, 0.3) is 5.76 Å². The van der Waals surface area contributed by atoms with Gasteiger partial charge >= 0.3 is 0 Å². The molecule has 1 aliphatic heterocycles. The molecule has 0 bridgehead atoms. The van der Waals surface area contributed by atoms with Crippen molar-refractivity contribution in [2.45, 2.75) is 33.2 Å². The Morgan fingerprint density at radius 3 is 2.52 bits per heavy atom. The van der Waals surface area contributed by atoms with Gasteiger partial charge in [0.25, 0.3) is 11.7 Å². The lowest BCUT2D eigenvalue weighted by Gasteiger charge is -2.24. The van der Waals surface area contributed by atoms with Gasteiger partial charge in [-0.25, -0.2) is 0 Å². The molecule has 27 heavy (non-hydrogen) atoms. The van der Waals surface area contributed by atoms with Gasteiger partial charge < -0.3 is 14.7 Å². The van der Waals surface area contributed by atoms with Crippen LogP contribution >= 0.6 is 11.3 Å². The van der Waals surface area contributed by atoms with E-state index in [0.717, 1.165) is 22.4 Å². The summed E-state index contributed by atoms with van der Waals surface area (Å²) in [5, 5.41) is 12.9. The van der Waals surface area contributed by atoms with E-state index in [9.17, 15) is 14.7 Å². The molecule has 1 atom stereocenters. The van der Waals surface area contributed by atoms with Gasteiger partial charge in [0, 0.05) is 17.0 Å². The number of nitrogens with zero attached hydrogens (tertiary/aromatic N) is 1. The number of carbonyl (C=O) groups is 2. The van der Waals surface area contributed by atoms with Gasteiger partial charge in [-0.1, -0.05) is 6.92 Å². The molecule has 1 fully saturated rings. The monoisotopic (exact) mass is 385 g/mol. The zero-order chi connectivity index (χ0) is 19.7. The number of thiophene rings is 1. The zero-order valence-corrected chi connectivity index (χ0v) is 16.7. The van der Waals surface area contributed by atoms with Crippen LogP contribution in [0.4, 0.5) is 0 Å². The fourth-order valence-corrected chi connectivity index (χ4v) is 4.52. The summed E-state index contributed by atoms with van der Waals surface area (Å²) in [7, 11) is 1.58.